The second kappa shape index (κ2) is 10.6. The van der Waals surface area contributed by atoms with Crippen molar-refractivity contribution >= 4 is 64.8 Å². The lowest BCUT2D eigenvalue weighted by atomic mass is 9.83. The minimum absolute atomic E-state index is 1.00. The fourth-order valence-electron chi connectivity index (χ4n) is 7.89. The first kappa shape index (κ1) is 26.8. The Hall–Kier alpha value is -6.38. The summed E-state index contributed by atoms with van der Waals surface area (Å²) < 4.78 is 0. The third-order valence-electron chi connectivity index (χ3n) is 9.89. The van der Waals surface area contributed by atoms with E-state index in [1.54, 1.807) is 0 Å². The number of hydrogen-bond acceptors (Lipinski definition) is 2. The monoisotopic (exact) mass is 608 g/mol. The molecule has 2 nitrogen and oxygen atoms in total. The number of benzene rings is 8. The molecular weight excluding hydrogens is 581 g/mol. The van der Waals surface area contributed by atoms with E-state index in [4.69, 9.17) is 4.98 Å². The largest absolute Gasteiger partial charge is 0.264 e. The maximum Gasteiger partial charge on any atom is 0.0788 e. The molecule has 48 heavy (non-hydrogen) atoms. The molecule has 0 aliphatic carbocycles. The molecule has 8 aromatic carbocycles. The maximum absolute atomic E-state index is 5.44. The molecular formula is C46H28N2. The van der Waals surface area contributed by atoms with Crippen molar-refractivity contribution in [2.75, 3.05) is 0 Å². The van der Waals surface area contributed by atoms with Crippen LogP contribution in [-0.4, -0.2) is 9.97 Å². The predicted octanol–water partition coefficient (Wildman–Crippen LogP) is 12.4. The van der Waals surface area contributed by atoms with Gasteiger partial charge in [-0.25, -0.2) is 4.98 Å². The van der Waals surface area contributed by atoms with Gasteiger partial charge in [0.15, 0.2) is 0 Å². The van der Waals surface area contributed by atoms with E-state index in [2.05, 4.69) is 157 Å². The highest BCUT2D eigenvalue weighted by Crippen LogP contribution is 2.48. The standard InChI is InChI=1S/C46H28N2/c1-2-14-30(15-3-1)46-40-27-39(33-18-6-7-19-34(33)44(40)45-32-17-5-4-13-29(32)24-25-41(45)48-46)43-37-22-10-8-20-35(37)42(31-16-12-26-47-28-31)36-21-9-11-23-38(36)43/h1-28H. The summed E-state index contributed by atoms with van der Waals surface area (Å²) in [4.78, 5) is 9.95. The number of hydrogen-bond donors (Lipinski definition) is 0. The lowest BCUT2D eigenvalue weighted by Crippen LogP contribution is -1.95. The fraction of sp³-hybridized carbons (Fsp3) is 0. The minimum atomic E-state index is 1.00. The van der Waals surface area contributed by atoms with E-state index in [0.717, 1.165) is 27.7 Å². The van der Waals surface area contributed by atoms with Crippen LogP contribution in [0.1, 0.15) is 0 Å². The van der Waals surface area contributed by atoms with Gasteiger partial charge < -0.3 is 0 Å². The van der Waals surface area contributed by atoms with Crippen molar-refractivity contribution in [1.29, 1.82) is 0 Å². The van der Waals surface area contributed by atoms with E-state index in [9.17, 15) is 0 Å². The molecule has 0 radical (unpaired) electrons. The maximum atomic E-state index is 5.44. The molecule has 0 unspecified atom stereocenters. The van der Waals surface area contributed by atoms with Crippen LogP contribution in [0.4, 0.5) is 0 Å². The van der Waals surface area contributed by atoms with Gasteiger partial charge in [-0.3, -0.25) is 4.98 Å². The summed E-state index contributed by atoms with van der Waals surface area (Å²) >= 11 is 0. The predicted molar refractivity (Wildman–Crippen MR) is 203 cm³/mol. The zero-order valence-electron chi connectivity index (χ0n) is 26.1. The van der Waals surface area contributed by atoms with Crippen LogP contribution in [0.15, 0.2) is 170 Å². The van der Waals surface area contributed by atoms with E-state index < -0.39 is 0 Å². The van der Waals surface area contributed by atoms with E-state index >= 15 is 0 Å². The lowest BCUT2D eigenvalue weighted by molar-refractivity contribution is 1.33. The van der Waals surface area contributed by atoms with Crippen LogP contribution in [0.25, 0.3) is 98.3 Å². The van der Waals surface area contributed by atoms with Crippen molar-refractivity contribution in [3.05, 3.63) is 170 Å². The Kier molecular flexibility index (Phi) is 5.91. The molecule has 0 spiro atoms. The Morgan fingerprint density at radius 3 is 1.65 bits per heavy atom. The second-order valence-electron chi connectivity index (χ2n) is 12.5. The molecule has 2 heteroatoms. The molecule has 0 saturated carbocycles. The van der Waals surface area contributed by atoms with Gasteiger partial charge in [0.05, 0.1) is 11.2 Å². The van der Waals surface area contributed by atoms with Crippen molar-refractivity contribution in [3.63, 3.8) is 0 Å². The van der Waals surface area contributed by atoms with Gasteiger partial charge in [-0.05, 0) is 78.0 Å². The van der Waals surface area contributed by atoms with Crippen LogP contribution >= 0.6 is 0 Å². The molecule has 10 rings (SSSR count). The molecule has 0 amide bonds. The van der Waals surface area contributed by atoms with Crippen molar-refractivity contribution < 1.29 is 0 Å². The molecule has 2 heterocycles. The topological polar surface area (TPSA) is 25.8 Å². The van der Waals surface area contributed by atoms with Crippen molar-refractivity contribution in [2.24, 2.45) is 0 Å². The molecule has 0 N–H and O–H groups in total. The van der Waals surface area contributed by atoms with Gasteiger partial charge >= 0.3 is 0 Å². The molecule has 0 bridgehead atoms. The summed E-state index contributed by atoms with van der Waals surface area (Å²) in [5, 5.41) is 13.4. The van der Waals surface area contributed by atoms with E-state index in [-0.39, 0.29) is 0 Å². The molecule has 0 aliphatic rings. The summed E-state index contributed by atoms with van der Waals surface area (Å²) in [7, 11) is 0. The van der Waals surface area contributed by atoms with Gasteiger partial charge in [0.1, 0.15) is 0 Å². The Morgan fingerprint density at radius 2 is 0.958 bits per heavy atom. The van der Waals surface area contributed by atoms with Crippen LogP contribution in [-0.2, 0) is 0 Å². The summed E-state index contributed by atoms with van der Waals surface area (Å²) in [5.74, 6) is 0. The molecule has 0 aliphatic heterocycles. The van der Waals surface area contributed by atoms with Crippen molar-refractivity contribution in [1.82, 2.24) is 9.97 Å². The van der Waals surface area contributed by atoms with Gasteiger partial charge in [0.2, 0.25) is 0 Å². The smallest absolute Gasteiger partial charge is 0.0788 e. The van der Waals surface area contributed by atoms with Crippen LogP contribution in [0.3, 0.4) is 0 Å². The zero-order valence-corrected chi connectivity index (χ0v) is 26.1. The van der Waals surface area contributed by atoms with Gasteiger partial charge in [-0.15, -0.1) is 0 Å². The van der Waals surface area contributed by atoms with Crippen molar-refractivity contribution in [2.45, 2.75) is 0 Å². The molecule has 10 aromatic rings. The molecule has 0 fully saturated rings. The van der Waals surface area contributed by atoms with Gasteiger partial charge in [-0.1, -0.05) is 140 Å². The minimum Gasteiger partial charge on any atom is -0.264 e. The quantitative estimate of drug-likeness (QED) is 0.147. The summed E-state index contributed by atoms with van der Waals surface area (Å²) in [6.45, 7) is 0. The second-order valence-corrected chi connectivity index (χ2v) is 12.5. The number of rotatable bonds is 3. The third-order valence-corrected chi connectivity index (χ3v) is 9.89. The van der Waals surface area contributed by atoms with Crippen LogP contribution in [0.2, 0.25) is 0 Å². The Labute approximate surface area is 277 Å². The highest BCUT2D eigenvalue weighted by atomic mass is 14.7. The zero-order chi connectivity index (χ0) is 31.6. The molecule has 222 valence electrons. The van der Waals surface area contributed by atoms with Crippen LogP contribution < -0.4 is 0 Å². The SMILES string of the molecule is c1ccc(-c2nc3ccc4ccccc4c3c3c2cc(-c2c4ccccc4c(-c4cccnc4)c4ccccc24)c2ccccc23)cc1. The first-order valence-electron chi connectivity index (χ1n) is 16.4. The summed E-state index contributed by atoms with van der Waals surface area (Å²) in [5.41, 5.74) is 7.91. The van der Waals surface area contributed by atoms with Crippen LogP contribution in [0, 0.1) is 0 Å². The van der Waals surface area contributed by atoms with E-state index in [1.165, 1.54) is 70.6 Å². The number of aromatic nitrogens is 2. The van der Waals surface area contributed by atoms with E-state index in [1.807, 2.05) is 18.5 Å². The fourth-order valence-corrected chi connectivity index (χ4v) is 7.89. The summed E-state index contributed by atoms with van der Waals surface area (Å²) in [6.07, 6.45) is 3.82. The van der Waals surface area contributed by atoms with E-state index in [0.29, 0.717) is 0 Å². The number of nitrogens with zero attached hydrogens (tertiary/aromatic N) is 2. The molecule has 0 atom stereocenters. The highest BCUT2D eigenvalue weighted by Gasteiger charge is 2.22. The average Bonchev–Trinajstić information content (AvgIpc) is 3.16. The Balaban J connectivity index is 1.45. The normalized spacial score (nSPS) is 11.8. The molecule has 2 aromatic heterocycles. The first-order valence-corrected chi connectivity index (χ1v) is 16.4. The Morgan fingerprint density at radius 1 is 0.375 bits per heavy atom. The number of fused-ring (bicyclic) bond motifs is 9. The van der Waals surface area contributed by atoms with Gasteiger partial charge in [0.25, 0.3) is 0 Å². The first-order chi connectivity index (χ1) is 23.8. The summed E-state index contributed by atoms with van der Waals surface area (Å²) in [6, 6.07) is 56.9. The lowest BCUT2D eigenvalue weighted by Gasteiger charge is -2.21. The Bertz CT molecular complexity index is 2820. The van der Waals surface area contributed by atoms with Gasteiger partial charge in [0, 0.05) is 39.7 Å². The molecule has 0 saturated heterocycles. The number of pyridine rings is 2. The van der Waals surface area contributed by atoms with Crippen molar-refractivity contribution in [3.8, 4) is 33.5 Å². The highest BCUT2D eigenvalue weighted by molar-refractivity contribution is 6.32. The van der Waals surface area contributed by atoms with Gasteiger partial charge in [-0.2, -0.15) is 0 Å². The third kappa shape index (κ3) is 3.93. The van der Waals surface area contributed by atoms with Crippen LogP contribution in [0.5, 0.6) is 0 Å². The average molecular weight is 609 g/mol.